The highest BCUT2D eigenvalue weighted by Gasteiger charge is 2.19. The van der Waals surface area contributed by atoms with Gasteiger partial charge in [0.2, 0.25) is 0 Å². The third-order valence-electron chi connectivity index (χ3n) is 3.35. The lowest BCUT2D eigenvalue weighted by atomic mass is 10.1. The van der Waals surface area contributed by atoms with Gasteiger partial charge in [-0.25, -0.2) is 4.39 Å². The van der Waals surface area contributed by atoms with Crippen LogP contribution in [-0.4, -0.2) is 23.9 Å². The van der Waals surface area contributed by atoms with E-state index in [0.717, 1.165) is 6.42 Å². The molecule has 0 aliphatic carbocycles. The highest BCUT2D eigenvalue weighted by atomic mass is 19.1. The lowest BCUT2D eigenvalue weighted by Crippen LogP contribution is -2.34. The van der Waals surface area contributed by atoms with Crippen molar-refractivity contribution in [1.82, 2.24) is 4.90 Å². The third-order valence-corrected chi connectivity index (χ3v) is 3.35. The molecule has 0 bridgehead atoms. The molecule has 0 fully saturated rings. The van der Waals surface area contributed by atoms with Crippen LogP contribution in [0.2, 0.25) is 0 Å². The zero-order valence-corrected chi connectivity index (χ0v) is 10.7. The van der Waals surface area contributed by atoms with E-state index in [1.807, 2.05) is 13.0 Å². The first-order valence-corrected chi connectivity index (χ1v) is 5.99. The van der Waals surface area contributed by atoms with Crippen molar-refractivity contribution >= 4 is 11.6 Å². The summed E-state index contributed by atoms with van der Waals surface area (Å²) < 4.78 is 13.6. The molecule has 0 atom stereocenters. The van der Waals surface area contributed by atoms with E-state index in [2.05, 4.69) is 0 Å². The van der Waals surface area contributed by atoms with Crippen molar-refractivity contribution in [2.45, 2.75) is 20.3 Å². The van der Waals surface area contributed by atoms with Gasteiger partial charge in [-0.1, -0.05) is 11.6 Å². The molecule has 1 aliphatic heterocycles. The van der Waals surface area contributed by atoms with Crippen molar-refractivity contribution in [3.05, 3.63) is 40.7 Å². The predicted octanol–water partition coefficient (Wildman–Crippen LogP) is 2.51. The molecule has 1 aromatic rings. The minimum Gasteiger partial charge on any atom is -0.398 e. The summed E-state index contributed by atoms with van der Waals surface area (Å²) in [6.45, 7) is 4.91. The van der Waals surface area contributed by atoms with Crippen LogP contribution in [0.1, 0.15) is 29.3 Å². The van der Waals surface area contributed by atoms with Gasteiger partial charge in [0, 0.05) is 29.9 Å². The lowest BCUT2D eigenvalue weighted by Gasteiger charge is -2.25. The smallest absolute Gasteiger partial charge is 0.254 e. The molecule has 4 heteroatoms. The number of rotatable bonds is 1. The van der Waals surface area contributed by atoms with Crippen LogP contribution in [0.15, 0.2) is 23.8 Å². The van der Waals surface area contributed by atoms with Gasteiger partial charge in [-0.15, -0.1) is 0 Å². The maximum atomic E-state index is 13.6. The molecular weight excluding hydrogens is 231 g/mol. The molecule has 0 spiro atoms. The standard InChI is InChI=1S/C14H17FN2O/c1-9-3-5-17(6-4-9)14(18)11-7-12(15)10(2)13(16)8-11/h3,7-8H,4-6,16H2,1-2H3. The minimum atomic E-state index is -0.429. The van der Waals surface area contributed by atoms with E-state index in [1.54, 1.807) is 17.9 Å². The van der Waals surface area contributed by atoms with Crippen LogP contribution in [-0.2, 0) is 0 Å². The van der Waals surface area contributed by atoms with Crippen LogP contribution in [0.25, 0.3) is 0 Å². The fraction of sp³-hybridized carbons (Fsp3) is 0.357. The Morgan fingerprint density at radius 2 is 2.11 bits per heavy atom. The molecule has 0 radical (unpaired) electrons. The molecule has 0 unspecified atom stereocenters. The molecule has 2 N–H and O–H groups in total. The van der Waals surface area contributed by atoms with Gasteiger partial charge < -0.3 is 10.6 Å². The molecule has 1 aliphatic rings. The Morgan fingerprint density at radius 1 is 1.39 bits per heavy atom. The average Bonchev–Trinajstić information content (AvgIpc) is 2.35. The maximum Gasteiger partial charge on any atom is 0.254 e. The normalized spacial score (nSPS) is 15.5. The van der Waals surface area contributed by atoms with Gasteiger partial charge in [0.05, 0.1) is 0 Å². The van der Waals surface area contributed by atoms with Crippen LogP contribution in [0.4, 0.5) is 10.1 Å². The fourth-order valence-corrected chi connectivity index (χ4v) is 1.96. The summed E-state index contributed by atoms with van der Waals surface area (Å²) in [7, 11) is 0. The van der Waals surface area contributed by atoms with Crippen molar-refractivity contribution in [3.8, 4) is 0 Å². The van der Waals surface area contributed by atoms with Gasteiger partial charge in [0.25, 0.3) is 5.91 Å². The number of carbonyl (C=O) groups is 1. The SMILES string of the molecule is CC1=CCN(C(=O)c2cc(N)c(C)c(F)c2)CC1. The van der Waals surface area contributed by atoms with Gasteiger partial charge >= 0.3 is 0 Å². The Labute approximate surface area is 106 Å². The van der Waals surface area contributed by atoms with Crippen molar-refractivity contribution in [3.63, 3.8) is 0 Å². The summed E-state index contributed by atoms with van der Waals surface area (Å²) in [4.78, 5) is 13.9. The van der Waals surface area contributed by atoms with Crippen LogP contribution < -0.4 is 5.73 Å². The predicted molar refractivity (Wildman–Crippen MR) is 69.8 cm³/mol. The number of nitrogen functional groups attached to an aromatic ring is 1. The van der Waals surface area contributed by atoms with Crippen LogP contribution >= 0.6 is 0 Å². The summed E-state index contributed by atoms with van der Waals surface area (Å²) in [6.07, 6.45) is 2.89. The first kappa shape index (κ1) is 12.6. The third kappa shape index (κ3) is 2.37. The summed E-state index contributed by atoms with van der Waals surface area (Å²) >= 11 is 0. The van der Waals surface area contributed by atoms with Crippen LogP contribution in [0.5, 0.6) is 0 Å². The van der Waals surface area contributed by atoms with Gasteiger partial charge in [-0.2, -0.15) is 0 Å². The van der Waals surface area contributed by atoms with Gasteiger partial charge in [0.15, 0.2) is 0 Å². The van der Waals surface area contributed by atoms with E-state index >= 15 is 0 Å². The highest BCUT2D eigenvalue weighted by molar-refractivity contribution is 5.95. The molecule has 3 nitrogen and oxygen atoms in total. The summed E-state index contributed by atoms with van der Waals surface area (Å²) in [6, 6.07) is 2.81. The van der Waals surface area contributed by atoms with E-state index in [9.17, 15) is 9.18 Å². The first-order valence-electron chi connectivity index (χ1n) is 5.99. The molecule has 0 saturated heterocycles. The zero-order chi connectivity index (χ0) is 13.3. The molecule has 96 valence electrons. The van der Waals surface area contributed by atoms with E-state index in [1.165, 1.54) is 11.6 Å². The summed E-state index contributed by atoms with van der Waals surface area (Å²) in [5.41, 5.74) is 8.01. The largest absolute Gasteiger partial charge is 0.398 e. The van der Waals surface area contributed by atoms with Crippen molar-refractivity contribution < 1.29 is 9.18 Å². The number of amides is 1. The van der Waals surface area contributed by atoms with E-state index < -0.39 is 5.82 Å². The fourth-order valence-electron chi connectivity index (χ4n) is 1.96. The minimum absolute atomic E-state index is 0.163. The topological polar surface area (TPSA) is 46.3 Å². The molecule has 1 heterocycles. The van der Waals surface area contributed by atoms with E-state index in [0.29, 0.717) is 29.9 Å². The zero-order valence-electron chi connectivity index (χ0n) is 10.7. The molecule has 0 saturated carbocycles. The Bertz CT molecular complexity index is 500. The van der Waals surface area contributed by atoms with E-state index in [-0.39, 0.29) is 5.91 Å². The van der Waals surface area contributed by atoms with Crippen molar-refractivity contribution in [2.75, 3.05) is 18.8 Å². The molecule has 18 heavy (non-hydrogen) atoms. The average molecular weight is 248 g/mol. The van der Waals surface area contributed by atoms with Crippen molar-refractivity contribution in [2.24, 2.45) is 0 Å². The van der Waals surface area contributed by atoms with Crippen LogP contribution in [0, 0.1) is 12.7 Å². The van der Waals surface area contributed by atoms with E-state index in [4.69, 9.17) is 5.73 Å². The van der Waals surface area contributed by atoms with Crippen molar-refractivity contribution in [1.29, 1.82) is 0 Å². The molecule has 2 rings (SSSR count). The monoisotopic (exact) mass is 248 g/mol. The maximum absolute atomic E-state index is 13.6. The first-order chi connectivity index (χ1) is 8.49. The second-order valence-corrected chi connectivity index (χ2v) is 4.72. The number of nitrogens with zero attached hydrogens (tertiary/aromatic N) is 1. The number of nitrogens with two attached hydrogens (primary N) is 1. The molecule has 1 amide bonds. The quantitative estimate of drug-likeness (QED) is 0.613. The van der Waals surface area contributed by atoms with Crippen LogP contribution in [0.3, 0.4) is 0 Å². The summed E-state index contributed by atoms with van der Waals surface area (Å²) in [5, 5.41) is 0. The Balaban J connectivity index is 2.24. The highest BCUT2D eigenvalue weighted by Crippen LogP contribution is 2.20. The van der Waals surface area contributed by atoms with Gasteiger partial charge in [-0.3, -0.25) is 4.79 Å². The molecule has 1 aromatic carbocycles. The van der Waals surface area contributed by atoms with Gasteiger partial charge in [0.1, 0.15) is 5.82 Å². The van der Waals surface area contributed by atoms with Gasteiger partial charge in [-0.05, 0) is 32.4 Å². The Hall–Kier alpha value is -1.84. The summed E-state index contributed by atoms with van der Waals surface area (Å²) in [5.74, 6) is -0.591. The lowest BCUT2D eigenvalue weighted by molar-refractivity contribution is 0.0768. The number of benzene rings is 1. The second-order valence-electron chi connectivity index (χ2n) is 4.72. The molecular formula is C14H17FN2O. The Kier molecular flexibility index (Phi) is 3.36. The number of carbonyl (C=O) groups excluding carboxylic acids is 1. The number of anilines is 1. The molecule has 0 aromatic heterocycles. The number of hydrogen-bond donors (Lipinski definition) is 1. The number of hydrogen-bond acceptors (Lipinski definition) is 2. The second kappa shape index (κ2) is 4.80. The number of halogens is 1. The Morgan fingerprint density at radius 3 is 2.67 bits per heavy atom.